The second-order valence-corrected chi connectivity index (χ2v) is 5.57. The predicted molar refractivity (Wildman–Crippen MR) is 70.9 cm³/mol. The van der Waals surface area contributed by atoms with Crippen molar-refractivity contribution in [3.8, 4) is 0 Å². The summed E-state index contributed by atoms with van der Waals surface area (Å²) in [5.41, 5.74) is 9.60. The molecule has 0 aromatic rings. The minimum atomic E-state index is -0.391. The van der Waals surface area contributed by atoms with Crippen LogP contribution in [0, 0.1) is 5.41 Å². The molecule has 0 aromatic carbocycles. The molecule has 0 saturated heterocycles. The van der Waals surface area contributed by atoms with Crippen molar-refractivity contribution in [3.63, 3.8) is 0 Å². The molecule has 2 aliphatic rings. The lowest BCUT2D eigenvalue weighted by molar-refractivity contribution is -0.135. The van der Waals surface area contributed by atoms with Gasteiger partial charge in [0, 0.05) is 23.2 Å². The molecule has 1 heterocycles. The number of nitrogens with two attached hydrogens (primary N) is 1. The summed E-state index contributed by atoms with van der Waals surface area (Å²) in [5.74, 6) is -0.391. The first-order chi connectivity index (χ1) is 8.32. The molecule has 96 valence electrons. The highest BCUT2D eigenvalue weighted by Crippen LogP contribution is 2.36. The molecule has 4 nitrogen and oxygen atoms in total. The summed E-state index contributed by atoms with van der Waals surface area (Å²) < 4.78 is 4.77. The van der Waals surface area contributed by atoms with Gasteiger partial charge in [0.1, 0.15) is 0 Å². The standard InChI is InChI=1S/C14H18N2O2/c1-14(2,3)11-6-8-5-9(15)7-10(12(8)16-11)13(17)18-4/h6-7H,5,15H2,1-4H3. The Balaban J connectivity index is 2.52. The van der Waals surface area contributed by atoms with E-state index < -0.39 is 5.97 Å². The van der Waals surface area contributed by atoms with Gasteiger partial charge < -0.3 is 10.5 Å². The summed E-state index contributed by atoms with van der Waals surface area (Å²) in [6.45, 7) is 6.28. The molecule has 0 amide bonds. The van der Waals surface area contributed by atoms with Crippen molar-refractivity contribution in [2.75, 3.05) is 7.11 Å². The summed E-state index contributed by atoms with van der Waals surface area (Å²) in [6.07, 6.45) is 4.32. The van der Waals surface area contributed by atoms with E-state index in [1.165, 1.54) is 7.11 Å². The van der Waals surface area contributed by atoms with Crippen LogP contribution in [0.2, 0.25) is 0 Å². The van der Waals surface area contributed by atoms with Crippen LogP contribution in [0.1, 0.15) is 27.2 Å². The molecule has 0 aromatic heterocycles. The van der Waals surface area contributed by atoms with Crippen LogP contribution in [-0.2, 0) is 9.53 Å². The van der Waals surface area contributed by atoms with Gasteiger partial charge >= 0.3 is 5.97 Å². The Morgan fingerprint density at radius 3 is 2.61 bits per heavy atom. The van der Waals surface area contributed by atoms with E-state index >= 15 is 0 Å². The first-order valence-electron chi connectivity index (χ1n) is 5.91. The molecule has 0 spiro atoms. The molecule has 0 bridgehead atoms. The van der Waals surface area contributed by atoms with Crippen molar-refractivity contribution in [3.05, 3.63) is 34.7 Å². The largest absolute Gasteiger partial charge is 0.465 e. The van der Waals surface area contributed by atoms with E-state index in [1.807, 2.05) is 6.08 Å². The summed E-state index contributed by atoms with van der Waals surface area (Å²) in [7, 11) is 1.36. The Morgan fingerprint density at radius 1 is 1.39 bits per heavy atom. The minimum Gasteiger partial charge on any atom is -0.465 e. The second kappa shape index (κ2) is 4.12. The number of rotatable bonds is 1. The van der Waals surface area contributed by atoms with E-state index in [9.17, 15) is 4.79 Å². The van der Waals surface area contributed by atoms with Crippen LogP contribution in [0.5, 0.6) is 0 Å². The molecule has 1 aliphatic carbocycles. The number of allylic oxidation sites excluding steroid dienone is 3. The quantitative estimate of drug-likeness (QED) is 0.720. The van der Waals surface area contributed by atoms with Gasteiger partial charge in [-0.15, -0.1) is 0 Å². The number of hydrogen-bond donors (Lipinski definition) is 1. The van der Waals surface area contributed by atoms with Crippen LogP contribution in [-0.4, -0.2) is 18.8 Å². The topological polar surface area (TPSA) is 64.7 Å². The lowest BCUT2D eigenvalue weighted by atomic mass is 9.89. The third-order valence-corrected chi connectivity index (χ3v) is 3.00. The van der Waals surface area contributed by atoms with E-state index in [2.05, 4.69) is 25.8 Å². The summed E-state index contributed by atoms with van der Waals surface area (Å²) in [5, 5.41) is 0. The molecule has 18 heavy (non-hydrogen) atoms. The van der Waals surface area contributed by atoms with E-state index in [1.54, 1.807) is 6.08 Å². The zero-order chi connectivity index (χ0) is 13.5. The fourth-order valence-electron chi connectivity index (χ4n) is 2.00. The van der Waals surface area contributed by atoms with Crippen LogP contribution in [0.25, 0.3) is 0 Å². The first kappa shape index (κ1) is 12.6. The average Bonchev–Trinajstić information content (AvgIpc) is 2.70. The van der Waals surface area contributed by atoms with Gasteiger partial charge in [0.25, 0.3) is 0 Å². The van der Waals surface area contributed by atoms with Gasteiger partial charge in [-0.25, -0.2) is 4.79 Å². The zero-order valence-corrected chi connectivity index (χ0v) is 11.2. The molecule has 0 atom stereocenters. The summed E-state index contributed by atoms with van der Waals surface area (Å²) in [4.78, 5) is 16.3. The highest BCUT2D eigenvalue weighted by atomic mass is 16.5. The number of ether oxygens (including phenoxy) is 1. The second-order valence-electron chi connectivity index (χ2n) is 5.57. The SMILES string of the molecule is COC(=O)C1=C2N=C(C(C)(C)C)C=C2CC(N)=C1. The predicted octanol–water partition coefficient (Wildman–Crippen LogP) is 2.09. The van der Waals surface area contributed by atoms with Crippen LogP contribution >= 0.6 is 0 Å². The van der Waals surface area contributed by atoms with Crippen molar-refractivity contribution < 1.29 is 9.53 Å². The number of aliphatic imine (C=N–C) groups is 1. The molecule has 0 saturated carbocycles. The normalized spacial score (nSPS) is 19.0. The number of esters is 1. The number of fused-ring (bicyclic) bond motifs is 1. The van der Waals surface area contributed by atoms with Crippen molar-refractivity contribution >= 4 is 11.7 Å². The Kier molecular flexibility index (Phi) is 2.89. The Morgan fingerprint density at radius 2 is 2.06 bits per heavy atom. The van der Waals surface area contributed by atoms with Gasteiger partial charge in [-0.05, 0) is 17.7 Å². The Labute approximate surface area is 107 Å². The van der Waals surface area contributed by atoms with Crippen molar-refractivity contribution in [1.29, 1.82) is 0 Å². The molecule has 2 N–H and O–H groups in total. The zero-order valence-electron chi connectivity index (χ0n) is 11.2. The molecule has 2 rings (SSSR count). The number of carbonyl (C=O) groups is 1. The van der Waals surface area contributed by atoms with Crippen LogP contribution < -0.4 is 5.73 Å². The lowest BCUT2D eigenvalue weighted by Crippen LogP contribution is -2.16. The van der Waals surface area contributed by atoms with Gasteiger partial charge in [0.05, 0.1) is 18.4 Å². The third-order valence-electron chi connectivity index (χ3n) is 3.00. The fourth-order valence-corrected chi connectivity index (χ4v) is 2.00. The number of carbonyl (C=O) groups excluding carboxylic acids is 1. The highest BCUT2D eigenvalue weighted by Gasteiger charge is 2.29. The Hall–Kier alpha value is -1.84. The maximum atomic E-state index is 11.7. The third kappa shape index (κ3) is 2.10. The summed E-state index contributed by atoms with van der Waals surface area (Å²) >= 11 is 0. The fraction of sp³-hybridized carbons (Fsp3) is 0.429. The molecule has 0 radical (unpaired) electrons. The van der Waals surface area contributed by atoms with Gasteiger partial charge in [0.15, 0.2) is 0 Å². The van der Waals surface area contributed by atoms with Gasteiger partial charge in [-0.3, -0.25) is 4.99 Å². The van der Waals surface area contributed by atoms with E-state index in [0.717, 1.165) is 11.3 Å². The maximum absolute atomic E-state index is 11.7. The summed E-state index contributed by atoms with van der Waals surface area (Å²) in [6, 6.07) is 0. The molecule has 1 aliphatic heterocycles. The lowest BCUT2D eigenvalue weighted by Gasteiger charge is -2.16. The molecule has 4 heteroatoms. The van der Waals surface area contributed by atoms with Crippen LogP contribution in [0.4, 0.5) is 0 Å². The first-order valence-corrected chi connectivity index (χ1v) is 5.91. The highest BCUT2D eigenvalue weighted by molar-refractivity contribution is 6.06. The molecule has 0 unspecified atom stereocenters. The van der Waals surface area contributed by atoms with Gasteiger partial charge in [-0.2, -0.15) is 0 Å². The number of hydrogen-bond acceptors (Lipinski definition) is 4. The van der Waals surface area contributed by atoms with E-state index in [-0.39, 0.29) is 5.41 Å². The van der Waals surface area contributed by atoms with Crippen molar-refractivity contribution in [2.24, 2.45) is 16.1 Å². The van der Waals surface area contributed by atoms with Gasteiger partial charge in [-0.1, -0.05) is 20.8 Å². The number of nitrogens with zero attached hydrogens (tertiary/aromatic N) is 1. The molecular weight excluding hydrogens is 228 g/mol. The smallest absolute Gasteiger partial charge is 0.340 e. The van der Waals surface area contributed by atoms with E-state index in [4.69, 9.17) is 10.5 Å². The molecule has 0 fully saturated rings. The van der Waals surface area contributed by atoms with E-state index in [0.29, 0.717) is 23.4 Å². The van der Waals surface area contributed by atoms with Crippen molar-refractivity contribution in [1.82, 2.24) is 0 Å². The van der Waals surface area contributed by atoms with Crippen LogP contribution in [0.3, 0.4) is 0 Å². The monoisotopic (exact) mass is 246 g/mol. The van der Waals surface area contributed by atoms with Crippen molar-refractivity contribution in [2.45, 2.75) is 27.2 Å². The minimum absolute atomic E-state index is 0.0483. The van der Waals surface area contributed by atoms with Crippen LogP contribution in [0.15, 0.2) is 39.7 Å². The maximum Gasteiger partial charge on any atom is 0.340 e. The average molecular weight is 246 g/mol. The molecular formula is C14H18N2O2. The van der Waals surface area contributed by atoms with Gasteiger partial charge in [0.2, 0.25) is 0 Å². The Bertz CT molecular complexity index is 528. The number of methoxy groups -OCH3 is 1.